The summed E-state index contributed by atoms with van der Waals surface area (Å²) in [6.45, 7) is 6.04. The Labute approximate surface area is 151 Å². The van der Waals surface area contributed by atoms with Crippen LogP contribution in [-0.2, 0) is 48.4 Å². The van der Waals surface area contributed by atoms with Crippen molar-refractivity contribution >= 4 is 20.5 Å². The van der Waals surface area contributed by atoms with Gasteiger partial charge in [0.25, 0.3) is 10.2 Å². The van der Waals surface area contributed by atoms with Gasteiger partial charge in [0.15, 0.2) is 11.6 Å². The Hall–Kier alpha value is -0.420. The quantitative estimate of drug-likeness (QED) is 0.534. The highest BCUT2D eigenvalue weighted by molar-refractivity contribution is 8.01. The first-order valence-electron chi connectivity index (χ1n) is 7.70. The molecular weight excluding hydrogens is 396 g/mol. The van der Waals surface area contributed by atoms with Crippen LogP contribution in [0, 0.1) is 0 Å². The second-order valence-corrected chi connectivity index (χ2v) is 10.0. The molecule has 0 bridgehead atoms. The van der Waals surface area contributed by atoms with Crippen LogP contribution in [0.3, 0.4) is 0 Å². The first kappa shape index (κ1) is 20.3. The molecule has 14 heteroatoms. The Balaban J connectivity index is 1.82. The van der Waals surface area contributed by atoms with Crippen LogP contribution in [0.25, 0.3) is 0 Å². The molecule has 3 fully saturated rings. The molecule has 0 aromatic carbocycles. The van der Waals surface area contributed by atoms with Gasteiger partial charge >= 0.3 is 10.3 Å². The smallest absolute Gasteiger partial charge is 0.343 e. The Morgan fingerprint density at radius 1 is 1.08 bits per heavy atom. The number of fused-ring (bicyclic) bond motifs is 3. The van der Waals surface area contributed by atoms with Gasteiger partial charge in [-0.25, -0.2) is 5.14 Å². The highest BCUT2D eigenvalue weighted by Crippen LogP contribution is 2.47. The summed E-state index contributed by atoms with van der Waals surface area (Å²) in [5.41, 5.74) is 0. The largest absolute Gasteiger partial charge is 0.350 e. The van der Waals surface area contributed by atoms with Crippen LogP contribution >= 0.6 is 0 Å². The van der Waals surface area contributed by atoms with Crippen molar-refractivity contribution in [3.8, 4) is 0 Å². The highest BCUT2D eigenvalue weighted by Gasteiger charge is 2.65. The van der Waals surface area contributed by atoms with E-state index in [1.165, 1.54) is 4.13 Å². The number of hydrogen-bond donors (Lipinski definition) is 2. The molecule has 0 aromatic heterocycles. The van der Waals surface area contributed by atoms with Crippen LogP contribution in [0.4, 0.5) is 0 Å². The molecule has 4 atom stereocenters. The molecule has 3 aliphatic rings. The molecule has 3 saturated heterocycles. The molecule has 152 valence electrons. The van der Waals surface area contributed by atoms with Crippen molar-refractivity contribution in [1.29, 1.82) is 0 Å². The predicted octanol–water partition coefficient (Wildman–Crippen LogP) is -1.56. The van der Waals surface area contributed by atoms with Crippen LogP contribution in [0.5, 0.6) is 0 Å². The second-order valence-electron chi connectivity index (χ2n) is 7.15. The molecule has 0 radical (unpaired) electrons. The SMILES string of the molecule is CC1(C)O[C@@H]2[C@@H](CO[C@@]3(COS(=O)(=O)NS(N)(=O)=O)OC(C)(C)O[C@@H]23)O1. The van der Waals surface area contributed by atoms with Crippen molar-refractivity contribution in [2.45, 2.75) is 63.4 Å². The number of nitrogens with two attached hydrogens (primary N) is 1. The maximum absolute atomic E-state index is 11.8. The molecule has 0 spiro atoms. The van der Waals surface area contributed by atoms with E-state index in [9.17, 15) is 16.8 Å². The summed E-state index contributed by atoms with van der Waals surface area (Å²) in [7, 11) is -9.25. The summed E-state index contributed by atoms with van der Waals surface area (Å²) in [5.74, 6) is -3.65. The molecule has 0 amide bonds. The van der Waals surface area contributed by atoms with Crippen molar-refractivity contribution in [1.82, 2.24) is 4.13 Å². The summed E-state index contributed by atoms with van der Waals surface area (Å²) < 4.78 is 80.2. The van der Waals surface area contributed by atoms with Crippen LogP contribution in [0.2, 0.25) is 0 Å². The molecule has 0 unspecified atom stereocenters. The minimum Gasteiger partial charge on any atom is -0.343 e. The molecule has 0 saturated carbocycles. The molecular formula is C12H22N2O10S2. The zero-order chi connectivity index (χ0) is 19.6. The lowest BCUT2D eigenvalue weighted by Gasteiger charge is -2.40. The van der Waals surface area contributed by atoms with Gasteiger partial charge < -0.3 is 23.7 Å². The van der Waals surface area contributed by atoms with Crippen molar-refractivity contribution in [3.63, 3.8) is 0 Å². The van der Waals surface area contributed by atoms with Crippen molar-refractivity contribution in [2.75, 3.05) is 13.2 Å². The van der Waals surface area contributed by atoms with Crippen LogP contribution in [0.1, 0.15) is 27.7 Å². The maximum atomic E-state index is 11.8. The lowest BCUT2D eigenvalue weighted by Crippen LogP contribution is -2.61. The van der Waals surface area contributed by atoms with Crippen LogP contribution in [0.15, 0.2) is 0 Å². The van der Waals surface area contributed by atoms with Gasteiger partial charge in [-0.2, -0.15) is 16.8 Å². The standard InChI is InChI=1S/C12H22N2O10S2/c1-10(2)21-7-5-19-12(6-20-26(17,18)14-25(13,15)16)9(8(7)22-10)23-11(3,4)24-12/h7-9,14H,5-6H2,1-4H3,(H2,13,15,16)/t7-,8-,9+,12+/m1/s1. The number of ether oxygens (including phenoxy) is 5. The van der Waals surface area contributed by atoms with Crippen molar-refractivity contribution in [3.05, 3.63) is 0 Å². The summed E-state index contributed by atoms with van der Waals surface area (Å²) in [4.78, 5) is 0. The van der Waals surface area contributed by atoms with Gasteiger partial charge in [-0.1, -0.05) is 4.13 Å². The fourth-order valence-electron chi connectivity index (χ4n) is 3.27. The number of rotatable bonds is 5. The van der Waals surface area contributed by atoms with Gasteiger partial charge in [-0.3, -0.25) is 4.18 Å². The normalized spacial score (nSPS) is 38.7. The molecule has 0 aromatic rings. The minimum atomic E-state index is -4.72. The van der Waals surface area contributed by atoms with Crippen molar-refractivity contribution < 1.29 is 44.7 Å². The van der Waals surface area contributed by atoms with Gasteiger partial charge in [0.1, 0.15) is 24.9 Å². The fourth-order valence-corrected chi connectivity index (χ4v) is 4.92. The first-order valence-corrected chi connectivity index (χ1v) is 10.7. The van der Waals surface area contributed by atoms with E-state index in [1.54, 1.807) is 27.7 Å². The molecule has 26 heavy (non-hydrogen) atoms. The zero-order valence-corrected chi connectivity index (χ0v) is 16.3. The molecule has 3 aliphatic heterocycles. The Kier molecular flexibility index (Phi) is 4.72. The van der Waals surface area contributed by atoms with Crippen LogP contribution < -0.4 is 9.27 Å². The fraction of sp³-hybridized carbons (Fsp3) is 1.00. The third-order valence-electron chi connectivity index (χ3n) is 3.91. The molecule has 12 nitrogen and oxygen atoms in total. The number of hydrogen-bond acceptors (Lipinski definition) is 10. The van der Waals surface area contributed by atoms with Gasteiger partial charge in [0.2, 0.25) is 5.79 Å². The second kappa shape index (κ2) is 6.04. The van der Waals surface area contributed by atoms with E-state index in [0.29, 0.717) is 0 Å². The van der Waals surface area contributed by atoms with Crippen molar-refractivity contribution in [2.24, 2.45) is 5.14 Å². The van der Waals surface area contributed by atoms with E-state index >= 15 is 0 Å². The van der Waals surface area contributed by atoms with E-state index < -0.39 is 62.8 Å². The average Bonchev–Trinajstić information content (AvgIpc) is 2.86. The number of nitrogens with one attached hydrogen (secondary N) is 1. The monoisotopic (exact) mass is 418 g/mol. The van der Waals surface area contributed by atoms with Gasteiger partial charge in [0, 0.05) is 0 Å². The first-order chi connectivity index (χ1) is 11.6. The Morgan fingerprint density at radius 3 is 2.35 bits per heavy atom. The maximum Gasteiger partial charge on any atom is 0.350 e. The summed E-state index contributed by atoms with van der Waals surface area (Å²) in [6, 6.07) is 0. The molecule has 3 N–H and O–H groups in total. The summed E-state index contributed by atoms with van der Waals surface area (Å²) in [5, 5.41) is 4.66. The highest BCUT2D eigenvalue weighted by atomic mass is 32.3. The lowest BCUT2D eigenvalue weighted by molar-refractivity contribution is -0.290. The molecule has 3 rings (SSSR count). The third kappa shape index (κ3) is 4.19. The van der Waals surface area contributed by atoms with E-state index in [2.05, 4.69) is 5.14 Å². The van der Waals surface area contributed by atoms with E-state index in [0.717, 1.165) is 0 Å². The van der Waals surface area contributed by atoms with Gasteiger partial charge in [-0.15, -0.1) is 0 Å². The predicted molar refractivity (Wildman–Crippen MR) is 83.7 cm³/mol. The van der Waals surface area contributed by atoms with E-state index in [4.69, 9.17) is 27.9 Å². The van der Waals surface area contributed by atoms with Gasteiger partial charge in [0.05, 0.1) is 6.61 Å². The zero-order valence-electron chi connectivity index (χ0n) is 14.6. The third-order valence-corrected chi connectivity index (χ3v) is 6.08. The Bertz CT molecular complexity index is 780. The lowest BCUT2D eigenvalue weighted by atomic mass is 9.98. The minimum absolute atomic E-state index is 0.0378. The van der Waals surface area contributed by atoms with Gasteiger partial charge in [-0.05, 0) is 27.7 Å². The topological polar surface area (TPSA) is 162 Å². The molecule has 3 heterocycles. The summed E-state index contributed by atoms with van der Waals surface area (Å²) in [6.07, 6.45) is -1.92. The average molecular weight is 418 g/mol. The summed E-state index contributed by atoms with van der Waals surface area (Å²) >= 11 is 0. The van der Waals surface area contributed by atoms with E-state index in [-0.39, 0.29) is 6.61 Å². The Morgan fingerprint density at radius 2 is 1.73 bits per heavy atom. The van der Waals surface area contributed by atoms with Crippen LogP contribution in [-0.4, -0.2) is 65.7 Å². The molecule has 0 aliphatic carbocycles. The van der Waals surface area contributed by atoms with E-state index in [1.807, 2.05) is 0 Å².